The Balaban J connectivity index is 1.62. The van der Waals surface area contributed by atoms with E-state index in [2.05, 4.69) is 9.97 Å². The van der Waals surface area contributed by atoms with Crippen LogP contribution in [0.3, 0.4) is 0 Å². The standard InChI is InChI=1S/C17H19N3O4/c1-11-9-18-16(19-11)13-10-22-5-4-20(13)17(21)12-2-3-14-15(8-12)24-7-6-23-14/h2-3,8-9,13H,4-7,10H2,1H3,(H,18,19)/t13-/m1/s1. The van der Waals surface area contributed by atoms with Gasteiger partial charge in [0.1, 0.15) is 25.1 Å². The van der Waals surface area contributed by atoms with Gasteiger partial charge >= 0.3 is 0 Å². The molecule has 2 aromatic rings. The number of aromatic nitrogens is 2. The molecule has 7 nitrogen and oxygen atoms in total. The van der Waals surface area contributed by atoms with Crippen LogP contribution in [0.2, 0.25) is 0 Å². The van der Waals surface area contributed by atoms with E-state index in [1.54, 1.807) is 29.3 Å². The summed E-state index contributed by atoms with van der Waals surface area (Å²) in [7, 11) is 0. The first-order valence-electron chi connectivity index (χ1n) is 8.02. The van der Waals surface area contributed by atoms with E-state index in [-0.39, 0.29) is 11.9 Å². The number of ether oxygens (including phenoxy) is 3. The highest BCUT2D eigenvalue weighted by molar-refractivity contribution is 5.95. The van der Waals surface area contributed by atoms with Gasteiger partial charge in [-0.1, -0.05) is 0 Å². The maximum absolute atomic E-state index is 13.0. The van der Waals surface area contributed by atoms with Crippen molar-refractivity contribution in [2.24, 2.45) is 0 Å². The Hall–Kier alpha value is -2.54. The molecule has 24 heavy (non-hydrogen) atoms. The number of H-pyrrole nitrogens is 1. The van der Waals surface area contributed by atoms with Crippen molar-refractivity contribution in [1.82, 2.24) is 14.9 Å². The van der Waals surface area contributed by atoms with Gasteiger partial charge in [-0.2, -0.15) is 0 Å². The number of amides is 1. The number of carbonyl (C=O) groups is 1. The van der Waals surface area contributed by atoms with E-state index in [9.17, 15) is 4.79 Å². The van der Waals surface area contributed by atoms with Gasteiger partial charge in [-0.25, -0.2) is 4.98 Å². The minimum atomic E-state index is -0.215. The number of hydrogen-bond donors (Lipinski definition) is 1. The fraction of sp³-hybridized carbons (Fsp3) is 0.412. The van der Waals surface area contributed by atoms with Gasteiger partial charge in [-0.05, 0) is 25.1 Å². The van der Waals surface area contributed by atoms with Gasteiger partial charge in [0.2, 0.25) is 0 Å². The molecule has 0 unspecified atom stereocenters. The molecule has 1 saturated heterocycles. The number of aryl methyl sites for hydroxylation is 1. The number of aromatic amines is 1. The molecule has 0 aliphatic carbocycles. The number of hydrogen-bond acceptors (Lipinski definition) is 5. The molecule has 3 heterocycles. The number of nitrogens with one attached hydrogen (secondary N) is 1. The Morgan fingerprint density at radius 1 is 1.25 bits per heavy atom. The summed E-state index contributed by atoms with van der Waals surface area (Å²) in [6, 6.07) is 5.09. The zero-order chi connectivity index (χ0) is 16.5. The third-order valence-corrected chi connectivity index (χ3v) is 4.22. The van der Waals surface area contributed by atoms with Crippen molar-refractivity contribution in [3.05, 3.63) is 41.5 Å². The van der Waals surface area contributed by atoms with E-state index in [0.717, 1.165) is 11.5 Å². The lowest BCUT2D eigenvalue weighted by Gasteiger charge is -2.34. The Morgan fingerprint density at radius 2 is 2.08 bits per heavy atom. The van der Waals surface area contributed by atoms with Crippen molar-refractivity contribution in [1.29, 1.82) is 0 Å². The zero-order valence-electron chi connectivity index (χ0n) is 13.4. The quantitative estimate of drug-likeness (QED) is 0.907. The van der Waals surface area contributed by atoms with Crippen LogP contribution in [0.5, 0.6) is 11.5 Å². The van der Waals surface area contributed by atoms with Gasteiger partial charge in [0.15, 0.2) is 11.5 Å². The smallest absolute Gasteiger partial charge is 0.254 e. The topological polar surface area (TPSA) is 76.7 Å². The molecule has 2 aliphatic heterocycles. The number of imidazole rings is 1. The molecule has 1 atom stereocenters. The molecule has 4 rings (SSSR count). The maximum Gasteiger partial charge on any atom is 0.254 e. The molecule has 0 bridgehead atoms. The molecule has 0 radical (unpaired) electrons. The van der Waals surface area contributed by atoms with Crippen molar-refractivity contribution in [3.63, 3.8) is 0 Å². The largest absolute Gasteiger partial charge is 0.486 e. The van der Waals surface area contributed by atoms with Crippen LogP contribution in [0.15, 0.2) is 24.4 Å². The minimum absolute atomic E-state index is 0.0608. The number of carbonyl (C=O) groups excluding carboxylic acids is 1. The van der Waals surface area contributed by atoms with E-state index < -0.39 is 0 Å². The maximum atomic E-state index is 13.0. The molecule has 1 aromatic carbocycles. The lowest BCUT2D eigenvalue weighted by molar-refractivity contribution is -0.00504. The Bertz CT molecular complexity index is 758. The van der Waals surface area contributed by atoms with E-state index in [1.165, 1.54) is 0 Å². The lowest BCUT2D eigenvalue weighted by Crippen LogP contribution is -2.43. The van der Waals surface area contributed by atoms with Crippen LogP contribution in [0, 0.1) is 6.92 Å². The molecule has 0 saturated carbocycles. The van der Waals surface area contributed by atoms with Crippen molar-refractivity contribution < 1.29 is 19.0 Å². The van der Waals surface area contributed by atoms with Crippen LogP contribution in [-0.2, 0) is 4.74 Å². The molecule has 0 spiro atoms. The normalized spacial score (nSPS) is 20.0. The molecule has 7 heteroatoms. The molecule has 126 valence electrons. The number of morpholine rings is 1. The lowest BCUT2D eigenvalue weighted by atomic mass is 10.1. The number of nitrogens with zero attached hydrogens (tertiary/aromatic N) is 2. The molecule has 1 aromatic heterocycles. The van der Waals surface area contributed by atoms with Crippen LogP contribution < -0.4 is 9.47 Å². The summed E-state index contributed by atoms with van der Waals surface area (Å²) in [6.07, 6.45) is 1.76. The summed E-state index contributed by atoms with van der Waals surface area (Å²) in [5, 5.41) is 0. The Morgan fingerprint density at radius 3 is 2.88 bits per heavy atom. The van der Waals surface area contributed by atoms with E-state index in [0.29, 0.717) is 50.0 Å². The van der Waals surface area contributed by atoms with Crippen molar-refractivity contribution in [2.75, 3.05) is 33.0 Å². The first-order valence-corrected chi connectivity index (χ1v) is 8.02. The molecule has 1 fully saturated rings. The highest BCUT2D eigenvalue weighted by Crippen LogP contribution is 2.32. The zero-order valence-corrected chi connectivity index (χ0v) is 13.4. The summed E-state index contributed by atoms with van der Waals surface area (Å²) in [4.78, 5) is 22.4. The second kappa shape index (κ2) is 6.16. The highest BCUT2D eigenvalue weighted by Gasteiger charge is 2.31. The van der Waals surface area contributed by atoms with Crippen LogP contribution in [-0.4, -0.2) is 53.7 Å². The monoisotopic (exact) mass is 329 g/mol. The summed E-state index contributed by atoms with van der Waals surface area (Å²) >= 11 is 0. The van der Waals surface area contributed by atoms with Gasteiger partial charge in [0, 0.05) is 24.0 Å². The van der Waals surface area contributed by atoms with E-state index >= 15 is 0 Å². The average Bonchev–Trinajstić information content (AvgIpc) is 3.07. The summed E-state index contributed by atoms with van der Waals surface area (Å²) in [5.41, 5.74) is 1.54. The predicted octanol–water partition coefficient (Wildman–Crippen LogP) is 1.70. The average molecular weight is 329 g/mol. The second-order valence-corrected chi connectivity index (χ2v) is 5.90. The van der Waals surface area contributed by atoms with Crippen molar-refractivity contribution >= 4 is 5.91 Å². The fourth-order valence-electron chi connectivity index (χ4n) is 3.02. The fourth-order valence-corrected chi connectivity index (χ4v) is 3.02. The van der Waals surface area contributed by atoms with Gasteiger partial charge in [0.05, 0.1) is 13.2 Å². The molecular formula is C17H19N3O4. The Kier molecular flexibility index (Phi) is 3.86. The first kappa shape index (κ1) is 15.0. The number of rotatable bonds is 2. The predicted molar refractivity (Wildman–Crippen MR) is 85.4 cm³/mol. The van der Waals surface area contributed by atoms with E-state index in [4.69, 9.17) is 14.2 Å². The third kappa shape index (κ3) is 2.71. The molecule has 1 amide bonds. The molecular weight excluding hydrogens is 310 g/mol. The van der Waals surface area contributed by atoms with Crippen LogP contribution in [0.25, 0.3) is 0 Å². The third-order valence-electron chi connectivity index (χ3n) is 4.22. The highest BCUT2D eigenvalue weighted by atomic mass is 16.6. The van der Waals surface area contributed by atoms with Crippen molar-refractivity contribution in [2.45, 2.75) is 13.0 Å². The van der Waals surface area contributed by atoms with E-state index in [1.807, 2.05) is 6.92 Å². The summed E-state index contributed by atoms with van der Waals surface area (Å²) in [6.45, 7) is 4.45. The number of fused-ring (bicyclic) bond motifs is 1. The SMILES string of the molecule is Cc1cnc([C@H]2COCCN2C(=O)c2ccc3c(c2)OCCO3)[nH]1. The van der Waals surface area contributed by atoms with Gasteiger partial charge in [-0.3, -0.25) is 4.79 Å². The summed E-state index contributed by atoms with van der Waals surface area (Å²) < 4.78 is 16.6. The summed E-state index contributed by atoms with van der Waals surface area (Å²) in [5.74, 6) is 1.98. The van der Waals surface area contributed by atoms with Crippen LogP contribution in [0.4, 0.5) is 0 Å². The Labute approximate surface area is 139 Å². The number of benzene rings is 1. The van der Waals surface area contributed by atoms with Crippen molar-refractivity contribution in [3.8, 4) is 11.5 Å². The minimum Gasteiger partial charge on any atom is -0.486 e. The van der Waals surface area contributed by atoms with Gasteiger partial charge in [-0.15, -0.1) is 0 Å². The van der Waals surface area contributed by atoms with Gasteiger partial charge in [0.25, 0.3) is 5.91 Å². The first-order chi connectivity index (χ1) is 11.7. The van der Waals surface area contributed by atoms with Crippen LogP contribution in [0.1, 0.15) is 27.9 Å². The second-order valence-electron chi connectivity index (χ2n) is 5.90. The van der Waals surface area contributed by atoms with Gasteiger partial charge < -0.3 is 24.1 Å². The molecule has 2 aliphatic rings. The van der Waals surface area contributed by atoms with Crippen LogP contribution >= 0.6 is 0 Å². The molecule has 1 N–H and O–H groups in total.